The Hall–Kier alpha value is -3.09. The summed E-state index contributed by atoms with van der Waals surface area (Å²) in [4.78, 5) is 25.2. The Morgan fingerprint density at radius 1 is 1.19 bits per heavy atom. The maximum Gasteiger partial charge on any atom is 0.243 e. The van der Waals surface area contributed by atoms with Gasteiger partial charge in [0.15, 0.2) is 0 Å². The van der Waals surface area contributed by atoms with Gasteiger partial charge in [0.25, 0.3) is 0 Å². The van der Waals surface area contributed by atoms with Crippen LogP contribution >= 0.6 is 0 Å². The number of aryl methyl sites for hydroxylation is 1. The minimum absolute atomic E-state index is 0.00486. The fourth-order valence-corrected chi connectivity index (χ4v) is 2.38. The number of methoxy groups -OCH3 is 1. The van der Waals surface area contributed by atoms with E-state index in [0.29, 0.717) is 17.0 Å². The van der Waals surface area contributed by atoms with E-state index in [1.807, 2.05) is 0 Å². The Morgan fingerprint density at radius 3 is 2.46 bits per heavy atom. The molecule has 0 heterocycles. The van der Waals surface area contributed by atoms with Gasteiger partial charge in [0.05, 0.1) is 13.7 Å². The van der Waals surface area contributed by atoms with Crippen molar-refractivity contribution in [2.24, 2.45) is 5.73 Å². The standard InChI is InChI=1S/C19H22FN3O3/c1-13-3-4-14(11-17(13)20)22-19(25)12-23(10-9-18(21)24)15-5-7-16(26-2)8-6-15/h3-8,11H,9-10,12H2,1-2H3,(H2,21,24)(H,22,25). The molecule has 0 aromatic heterocycles. The average molecular weight is 359 g/mol. The molecule has 0 aliphatic heterocycles. The normalized spacial score (nSPS) is 10.3. The van der Waals surface area contributed by atoms with Gasteiger partial charge in [-0.2, -0.15) is 0 Å². The van der Waals surface area contributed by atoms with Gasteiger partial charge in [-0.1, -0.05) is 6.07 Å². The second-order valence-corrected chi connectivity index (χ2v) is 5.85. The van der Waals surface area contributed by atoms with Crippen molar-refractivity contribution in [1.82, 2.24) is 0 Å². The summed E-state index contributed by atoms with van der Waals surface area (Å²) in [6.45, 7) is 1.93. The molecule has 2 amide bonds. The smallest absolute Gasteiger partial charge is 0.243 e. The third kappa shape index (κ3) is 5.47. The topological polar surface area (TPSA) is 84.7 Å². The number of halogens is 1. The highest BCUT2D eigenvalue weighted by Crippen LogP contribution is 2.20. The monoisotopic (exact) mass is 359 g/mol. The SMILES string of the molecule is COc1ccc(N(CCC(N)=O)CC(=O)Nc2ccc(C)c(F)c2)cc1. The molecule has 0 radical (unpaired) electrons. The van der Waals surface area contributed by atoms with Crippen molar-refractivity contribution in [3.63, 3.8) is 0 Å². The summed E-state index contributed by atoms with van der Waals surface area (Å²) in [5, 5.41) is 2.66. The number of carbonyl (C=O) groups is 2. The van der Waals surface area contributed by atoms with E-state index in [0.717, 1.165) is 5.69 Å². The lowest BCUT2D eigenvalue weighted by molar-refractivity contribution is -0.118. The van der Waals surface area contributed by atoms with Crippen LogP contribution in [0.2, 0.25) is 0 Å². The summed E-state index contributed by atoms with van der Waals surface area (Å²) >= 11 is 0. The van der Waals surface area contributed by atoms with Gasteiger partial charge in [0.1, 0.15) is 11.6 Å². The number of benzene rings is 2. The number of nitrogens with zero attached hydrogens (tertiary/aromatic N) is 1. The van der Waals surface area contributed by atoms with Gasteiger partial charge in [-0.15, -0.1) is 0 Å². The maximum absolute atomic E-state index is 13.6. The van der Waals surface area contributed by atoms with Crippen LogP contribution in [0.1, 0.15) is 12.0 Å². The zero-order valence-electron chi connectivity index (χ0n) is 14.8. The van der Waals surface area contributed by atoms with Crippen molar-refractivity contribution in [3.05, 3.63) is 53.8 Å². The number of nitrogens with two attached hydrogens (primary N) is 1. The van der Waals surface area contributed by atoms with Crippen molar-refractivity contribution >= 4 is 23.2 Å². The van der Waals surface area contributed by atoms with Gasteiger partial charge in [-0.05, 0) is 48.9 Å². The molecule has 0 aliphatic carbocycles. The molecule has 0 spiro atoms. The molecule has 7 heteroatoms. The van der Waals surface area contributed by atoms with Gasteiger partial charge in [0, 0.05) is 24.3 Å². The zero-order chi connectivity index (χ0) is 19.1. The quantitative estimate of drug-likeness (QED) is 0.758. The number of ether oxygens (including phenoxy) is 1. The third-order valence-corrected chi connectivity index (χ3v) is 3.86. The van der Waals surface area contributed by atoms with E-state index >= 15 is 0 Å². The van der Waals surface area contributed by atoms with Crippen molar-refractivity contribution in [1.29, 1.82) is 0 Å². The fraction of sp³-hybridized carbons (Fsp3) is 0.263. The lowest BCUT2D eigenvalue weighted by atomic mass is 10.2. The highest BCUT2D eigenvalue weighted by Gasteiger charge is 2.14. The molecule has 0 atom stereocenters. The van der Waals surface area contributed by atoms with Crippen LogP contribution in [0.4, 0.5) is 15.8 Å². The molecule has 0 aliphatic rings. The van der Waals surface area contributed by atoms with Crippen molar-refractivity contribution < 1.29 is 18.7 Å². The Balaban J connectivity index is 2.09. The van der Waals surface area contributed by atoms with E-state index in [4.69, 9.17) is 10.5 Å². The highest BCUT2D eigenvalue weighted by molar-refractivity contribution is 5.94. The van der Waals surface area contributed by atoms with E-state index in [1.165, 1.54) is 6.07 Å². The molecule has 0 fully saturated rings. The molecular formula is C19H22FN3O3. The summed E-state index contributed by atoms with van der Waals surface area (Å²) in [7, 11) is 1.56. The summed E-state index contributed by atoms with van der Waals surface area (Å²) in [5.74, 6) is -0.482. The predicted octanol–water partition coefficient (Wildman–Crippen LogP) is 2.46. The van der Waals surface area contributed by atoms with Gasteiger partial charge in [-0.3, -0.25) is 9.59 Å². The Morgan fingerprint density at radius 2 is 1.88 bits per heavy atom. The number of amides is 2. The largest absolute Gasteiger partial charge is 0.497 e. The Kier molecular flexibility index (Phi) is 6.54. The van der Waals surface area contributed by atoms with Crippen LogP contribution in [0.5, 0.6) is 5.75 Å². The molecule has 26 heavy (non-hydrogen) atoms. The van der Waals surface area contributed by atoms with E-state index < -0.39 is 5.91 Å². The van der Waals surface area contributed by atoms with Crippen LogP contribution in [0, 0.1) is 12.7 Å². The molecule has 0 saturated carbocycles. The van der Waals surface area contributed by atoms with Crippen LogP contribution in [-0.2, 0) is 9.59 Å². The number of rotatable bonds is 8. The first-order valence-electron chi connectivity index (χ1n) is 8.12. The molecule has 6 nitrogen and oxygen atoms in total. The van der Waals surface area contributed by atoms with E-state index in [2.05, 4.69) is 5.32 Å². The fourth-order valence-electron chi connectivity index (χ4n) is 2.38. The first kappa shape index (κ1) is 19.2. The predicted molar refractivity (Wildman–Crippen MR) is 98.8 cm³/mol. The number of hydrogen-bond donors (Lipinski definition) is 2. The maximum atomic E-state index is 13.6. The number of nitrogens with one attached hydrogen (secondary N) is 1. The minimum Gasteiger partial charge on any atom is -0.497 e. The van der Waals surface area contributed by atoms with Crippen LogP contribution in [-0.4, -0.2) is 32.0 Å². The second-order valence-electron chi connectivity index (χ2n) is 5.85. The summed E-state index contributed by atoms with van der Waals surface area (Å²) < 4.78 is 18.7. The van der Waals surface area contributed by atoms with Crippen LogP contribution in [0.15, 0.2) is 42.5 Å². The number of anilines is 2. The van der Waals surface area contributed by atoms with Crippen molar-refractivity contribution in [3.8, 4) is 5.75 Å². The van der Waals surface area contributed by atoms with Gasteiger partial charge in [0.2, 0.25) is 11.8 Å². The summed E-state index contributed by atoms with van der Waals surface area (Å²) in [5.41, 5.74) is 6.85. The third-order valence-electron chi connectivity index (χ3n) is 3.86. The van der Waals surface area contributed by atoms with Crippen molar-refractivity contribution in [2.75, 3.05) is 30.4 Å². The van der Waals surface area contributed by atoms with Gasteiger partial charge >= 0.3 is 0 Å². The minimum atomic E-state index is -0.454. The Labute approximate surface area is 151 Å². The summed E-state index contributed by atoms with van der Waals surface area (Å²) in [6, 6.07) is 11.6. The molecule has 2 aromatic carbocycles. The van der Waals surface area contributed by atoms with Gasteiger partial charge in [-0.25, -0.2) is 4.39 Å². The zero-order valence-corrected chi connectivity index (χ0v) is 14.8. The number of carbonyl (C=O) groups excluding carboxylic acids is 2. The number of hydrogen-bond acceptors (Lipinski definition) is 4. The first-order valence-corrected chi connectivity index (χ1v) is 8.12. The molecule has 2 rings (SSSR count). The first-order chi connectivity index (χ1) is 12.4. The molecule has 3 N–H and O–H groups in total. The van der Waals surface area contributed by atoms with Crippen LogP contribution in [0.25, 0.3) is 0 Å². The summed E-state index contributed by atoms with van der Waals surface area (Å²) in [6.07, 6.45) is 0.110. The second kappa shape index (κ2) is 8.84. The van der Waals surface area contributed by atoms with E-state index in [-0.39, 0.29) is 31.2 Å². The molecule has 138 valence electrons. The van der Waals surface area contributed by atoms with E-state index in [1.54, 1.807) is 55.3 Å². The van der Waals surface area contributed by atoms with Gasteiger partial charge < -0.3 is 20.7 Å². The molecule has 0 bridgehead atoms. The Bertz CT molecular complexity index is 778. The average Bonchev–Trinajstić information content (AvgIpc) is 2.61. The van der Waals surface area contributed by atoms with Crippen LogP contribution < -0.4 is 20.7 Å². The molecule has 2 aromatic rings. The van der Waals surface area contributed by atoms with Crippen LogP contribution in [0.3, 0.4) is 0 Å². The molecular weight excluding hydrogens is 337 g/mol. The number of primary amides is 1. The molecule has 0 unspecified atom stereocenters. The highest BCUT2D eigenvalue weighted by atomic mass is 19.1. The van der Waals surface area contributed by atoms with Crippen molar-refractivity contribution in [2.45, 2.75) is 13.3 Å². The molecule has 0 saturated heterocycles. The lowest BCUT2D eigenvalue weighted by Gasteiger charge is -2.24. The lowest BCUT2D eigenvalue weighted by Crippen LogP contribution is -2.35. The van der Waals surface area contributed by atoms with E-state index in [9.17, 15) is 14.0 Å².